The third kappa shape index (κ3) is 1.95. The minimum atomic E-state index is -0.454. The normalized spacial score (nSPS) is 9.85. The van der Waals surface area contributed by atoms with Gasteiger partial charge in [0, 0.05) is 5.02 Å². The summed E-state index contributed by atoms with van der Waals surface area (Å²) in [6.07, 6.45) is 0. The molecule has 70 valence electrons. The Morgan fingerprint density at radius 2 is 2.00 bits per heavy atom. The fourth-order valence-electron chi connectivity index (χ4n) is 0.929. The molecule has 1 rings (SSSR count). The van der Waals surface area contributed by atoms with Gasteiger partial charge in [0.1, 0.15) is 0 Å². The lowest BCUT2D eigenvalue weighted by molar-refractivity contribution is 0.0601. The summed E-state index contributed by atoms with van der Waals surface area (Å²) in [7, 11) is 1.31. The Labute approximate surface area is 86.4 Å². The minimum absolute atomic E-state index is 0.339. The number of rotatable bonds is 1. The lowest BCUT2D eigenvalue weighted by Gasteiger charge is -2.05. The number of halogens is 2. The van der Waals surface area contributed by atoms with Crippen molar-refractivity contribution in [3.8, 4) is 0 Å². The standard InChI is InChI=1S/C9H8Cl2O2/c1-5-7(10)4-3-6(8(5)11)9(12)13-2/h3-4H,1-2H3. The molecule has 0 atom stereocenters. The maximum absolute atomic E-state index is 11.1. The zero-order chi connectivity index (χ0) is 10.0. The predicted octanol–water partition coefficient (Wildman–Crippen LogP) is 3.09. The van der Waals surface area contributed by atoms with Crippen molar-refractivity contribution in [2.24, 2.45) is 0 Å². The van der Waals surface area contributed by atoms with Crippen LogP contribution in [0.5, 0.6) is 0 Å². The Hall–Kier alpha value is -0.730. The van der Waals surface area contributed by atoms with Crippen molar-refractivity contribution in [1.29, 1.82) is 0 Å². The van der Waals surface area contributed by atoms with E-state index in [-0.39, 0.29) is 0 Å². The Morgan fingerprint density at radius 1 is 1.38 bits per heavy atom. The lowest BCUT2D eigenvalue weighted by atomic mass is 10.1. The van der Waals surface area contributed by atoms with E-state index in [4.69, 9.17) is 23.2 Å². The molecule has 13 heavy (non-hydrogen) atoms. The van der Waals surface area contributed by atoms with Crippen molar-refractivity contribution >= 4 is 29.2 Å². The average Bonchev–Trinajstić information content (AvgIpc) is 2.13. The van der Waals surface area contributed by atoms with Crippen LogP contribution in [0.1, 0.15) is 15.9 Å². The number of carbonyl (C=O) groups excluding carboxylic acids is 1. The zero-order valence-corrected chi connectivity index (χ0v) is 8.74. The molecule has 0 spiro atoms. The summed E-state index contributed by atoms with van der Waals surface area (Å²) in [6, 6.07) is 3.17. The van der Waals surface area contributed by atoms with Crippen LogP contribution in [0.2, 0.25) is 10.0 Å². The first-order valence-electron chi connectivity index (χ1n) is 3.61. The fraction of sp³-hybridized carbons (Fsp3) is 0.222. The molecule has 0 N–H and O–H groups in total. The van der Waals surface area contributed by atoms with Gasteiger partial charge in [-0.1, -0.05) is 23.2 Å². The van der Waals surface area contributed by atoms with Gasteiger partial charge in [0.05, 0.1) is 17.7 Å². The smallest absolute Gasteiger partial charge is 0.339 e. The van der Waals surface area contributed by atoms with E-state index >= 15 is 0 Å². The van der Waals surface area contributed by atoms with Crippen LogP contribution in [-0.4, -0.2) is 13.1 Å². The summed E-state index contributed by atoms with van der Waals surface area (Å²) in [5.41, 5.74) is 1.03. The van der Waals surface area contributed by atoms with Crippen molar-refractivity contribution in [1.82, 2.24) is 0 Å². The van der Waals surface area contributed by atoms with E-state index in [0.29, 0.717) is 21.2 Å². The van der Waals surface area contributed by atoms with E-state index in [9.17, 15) is 4.79 Å². The molecule has 2 nitrogen and oxygen atoms in total. The van der Waals surface area contributed by atoms with Crippen molar-refractivity contribution in [3.63, 3.8) is 0 Å². The number of carbonyl (C=O) groups is 1. The Balaban J connectivity index is 3.26. The molecule has 0 aliphatic heterocycles. The second kappa shape index (κ2) is 3.99. The third-order valence-corrected chi connectivity index (χ3v) is 2.62. The molecule has 1 aromatic rings. The van der Waals surface area contributed by atoms with Crippen LogP contribution in [0.15, 0.2) is 12.1 Å². The summed E-state index contributed by atoms with van der Waals surface area (Å²) in [5.74, 6) is -0.454. The Morgan fingerprint density at radius 3 is 2.54 bits per heavy atom. The summed E-state index contributed by atoms with van der Waals surface area (Å²) in [5, 5.41) is 0.886. The number of esters is 1. The summed E-state index contributed by atoms with van der Waals surface area (Å²) in [6.45, 7) is 1.75. The zero-order valence-electron chi connectivity index (χ0n) is 7.23. The molecule has 1 aromatic carbocycles. The molecule has 0 bridgehead atoms. The number of methoxy groups -OCH3 is 1. The van der Waals surface area contributed by atoms with Crippen LogP contribution in [-0.2, 0) is 4.74 Å². The molecule has 0 saturated heterocycles. The number of benzene rings is 1. The number of hydrogen-bond acceptors (Lipinski definition) is 2. The monoisotopic (exact) mass is 218 g/mol. The molecule has 0 heterocycles. The molecule has 0 radical (unpaired) electrons. The molecular formula is C9H8Cl2O2. The SMILES string of the molecule is COC(=O)c1ccc(Cl)c(C)c1Cl. The van der Waals surface area contributed by atoms with Crippen molar-refractivity contribution < 1.29 is 9.53 Å². The predicted molar refractivity (Wildman–Crippen MR) is 52.5 cm³/mol. The van der Waals surface area contributed by atoms with Gasteiger partial charge in [-0.15, -0.1) is 0 Å². The summed E-state index contributed by atoms with van der Waals surface area (Å²) < 4.78 is 4.55. The van der Waals surface area contributed by atoms with Gasteiger partial charge in [0.25, 0.3) is 0 Å². The van der Waals surface area contributed by atoms with Crippen molar-refractivity contribution in [3.05, 3.63) is 33.3 Å². The highest BCUT2D eigenvalue weighted by Crippen LogP contribution is 2.27. The van der Waals surface area contributed by atoms with Gasteiger partial charge in [-0.25, -0.2) is 4.79 Å². The molecule has 0 aliphatic carbocycles. The maximum Gasteiger partial charge on any atom is 0.339 e. The molecule has 0 unspecified atom stereocenters. The number of hydrogen-bond donors (Lipinski definition) is 0. The van der Waals surface area contributed by atoms with Gasteiger partial charge < -0.3 is 4.74 Å². The number of ether oxygens (including phenoxy) is 1. The van der Waals surface area contributed by atoms with Gasteiger partial charge in [-0.3, -0.25) is 0 Å². The Kier molecular flexibility index (Phi) is 3.17. The summed E-state index contributed by atoms with van der Waals surface area (Å²) >= 11 is 11.7. The molecule has 4 heteroatoms. The van der Waals surface area contributed by atoms with E-state index in [0.717, 1.165) is 0 Å². The first-order valence-corrected chi connectivity index (χ1v) is 4.36. The average molecular weight is 219 g/mol. The second-order valence-corrected chi connectivity index (χ2v) is 3.31. The first-order chi connectivity index (χ1) is 6.07. The van der Waals surface area contributed by atoms with Crippen molar-refractivity contribution in [2.45, 2.75) is 6.92 Å². The van der Waals surface area contributed by atoms with Gasteiger partial charge in [0.15, 0.2) is 0 Å². The van der Waals surface area contributed by atoms with Crippen LogP contribution in [0.3, 0.4) is 0 Å². The first kappa shape index (κ1) is 10.4. The van der Waals surface area contributed by atoms with E-state index in [1.807, 2.05) is 0 Å². The van der Waals surface area contributed by atoms with Crippen LogP contribution < -0.4 is 0 Å². The van der Waals surface area contributed by atoms with Gasteiger partial charge in [-0.2, -0.15) is 0 Å². The quantitative estimate of drug-likeness (QED) is 0.678. The highest BCUT2D eigenvalue weighted by molar-refractivity contribution is 6.37. The van der Waals surface area contributed by atoms with Gasteiger partial charge in [-0.05, 0) is 24.6 Å². The van der Waals surface area contributed by atoms with Crippen LogP contribution in [0.25, 0.3) is 0 Å². The highest BCUT2D eigenvalue weighted by atomic mass is 35.5. The molecule has 0 amide bonds. The molecular weight excluding hydrogens is 211 g/mol. The topological polar surface area (TPSA) is 26.3 Å². The molecule has 0 fully saturated rings. The minimum Gasteiger partial charge on any atom is -0.465 e. The molecule has 0 aliphatic rings. The largest absolute Gasteiger partial charge is 0.465 e. The second-order valence-electron chi connectivity index (χ2n) is 2.53. The Bertz CT molecular complexity index is 348. The molecule has 0 saturated carbocycles. The van der Waals surface area contributed by atoms with E-state index < -0.39 is 5.97 Å². The van der Waals surface area contributed by atoms with Crippen molar-refractivity contribution in [2.75, 3.05) is 7.11 Å². The van der Waals surface area contributed by atoms with Gasteiger partial charge in [0.2, 0.25) is 0 Å². The maximum atomic E-state index is 11.1. The fourth-order valence-corrected chi connectivity index (χ4v) is 1.38. The van der Waals surface area contributed by atoms with Gasteiger partial charge >= 0.3 is 5.97 Å². The van der Waals surface area contributed by atoms with E-state index in [2.05, 4.69) is 4.74 Å². The molecule has 0 aromatic heterocycles. The van der Waals surface area contributed by atoms with E-state index in [1.54, 1.807) is 19.1 Å². The summed E-state index contributed by atoms with van der Waals surface area (Å²) in [4.78, 5) is 11.1. The van der Waals surface area contributed by atoms with Crippen LogP contribution in [0.4, 0.5) is 0 Å². The van der Waals surface area contributed by atoms with Crippen LogP contribution in [0, 0.1) is 6.92 Å². The highest BCUT2D eigenvalue weighted by Gasteiger charge is 2.13. The van der Waals surface area contributed by atoms with Crippen LogP contribution >= 0.6 is 23.2 Å². The van der Waals surface area contributed by atoms with E-state index in [1.165, 1.54) is 7.11 Å². The third-order valence-electron chi connectivity index (χ3n) is 1.73. The lowest BCUT2D eigenvalue weighted by Crippen LogP contribution is -2.02.